The molecular weight excluding hydrogens is 420 g/mol. The van der Waals surface area contributed by atoms with Gasteiger partial charge in [0, 0.05) is 6.42 Å². The van der Waals surface area contributed by atoms with Crippen LogP contribution in [-0.2, 0) is 9.59 Å². The second-order valence-corrected chi connectivity index (χ2v) is 7.72. The number of amidine groups is 1. The summed E-state index contributed by atoms with van der Waals surface area (Å²) in [6, 6.07) is 12.7. The lowest BCUT2D eigenvalue weighted by atomic mass is 10.2. The molecule has 160 valence electrons. The summed E-state index contributed by atoms with van der Waals surface area (Å²) in [4.78, 5) is 37.0. The molecule has 0 aromatic heterocycles. The van der Waals surface area contributed by atoms with Gasteiger partial charge in [0.25, 0.3) is 0 Å². The molecule has 10 heteroatoms. The van der Waals surface area contributed by atoms with Crippen molar-refractivity contribution in [2.45, 2.75) is 11.7 Å². The van der Waals surface area contributed by atoms with Gasteiger partial charge in [-0.2, -0.15) is 5.10 Å². The molecule has 2 amide bonds. The summed E-state index contributed by atoms with van der Waals surface area (Å²) in [5, 5.41) is 12.3. The van der Waals surface area contributed by atoms with Crippen LogP contribution in [0.15, 0.2) is 60.2 Å². The van der Waals surface area contributed by atoms with Crippen molar-refractivity contribution in [1.29, 1.82) is 0 Å². The van der Waals surface area contributed by atoms with Gasteiger partial charge < -0.3 is 15.6 Å². The summed E-state index contributed by atoms with van der Waals surface area (Å²) in [5.41, 5.74) is 10.3. The van der Waals surface area contributed by atoms with Gasteiger partial charge in [-0.3, -0.25) is 15.0 Å². The number of carboxylic acids is 1. The van der Waals surface area contributed by atoms with Crippen molar-refractivity contribution >= 4 is 46.1 Å². The van der Waals surface area contributed by atoms with Gasteiger partial charge in [-0.25, -0.2) is 9.69 Å². The molecule has 1 saturated heterocycles. The van der Waals surface area contributed by atoms with Crippen molar-refractivity contribution < 1.29 is 24.2 Å². The number of nitrogens with one attached hydrogen (secondary N) is 1. The maximum absolute atomic E-state index is 12.7. The Morgan fingerprint density at radius 2 is 1.81 bits per heavy atom. The quantitative estimate of drug-likeness (QED) is 0.258. The largest absolute Gasteiger partial charge is 0.497 e. The van der Waals surface area contributed by atoms with Crippen LogP contribution in [0.2, 0.25) is 0 Å². The van der Waals surface area contributed by atoms with E-state index in [1.165, 1.54) is 24.3 Å². The van der Waals surface area contributed by atoms with E-state index in [1.807, 2.05) is 0 Å². The number of ether oxygens (including phenoxy) is 1. The predicted octanol–water partition coefficient (Wildman–Crippen LogP) is 2.25. The zero-order valence-corrected chi connectivity index (χ0v) is 17.4. The fourth-order valence-corrected chi connectivity index (χ4v) is 3.69. The monoisotopic (exact) mass is 440 g/mol. The van der Waals surface area contributed by atoms with Gasteiger partial charge in [0.05, 0.1) is 24.1 Å². The van der Waals surface area contributed by atoms with Crippen LogP contribution in [0.1, 0.15) is 22.3 Å². The smallest absolute Gasteiger partial charge is 0.335 e. The Hall–Kier alpha value is -3.79. The number of methoxy groups -OCH3 is 1. The van der Waals surface area contributed by atoms with Crippen LogP contribution in [0.5, 0.6) is 5.75 Å². The fourth-order valence-electron chi connectivity index (χ4n) is 2.87. The number of aromatic carboxylic acids is 1. The lowest BCUT2D eigenvalue weighted by molar-refractivity contribution is -0.121. The molecular formula is C21H20N4O5S. The molecule has 0 aliphatic carbocycles. The van der Waals surface area contributed by atoms with E-state index in [4.69, 9.17) is 15.6 Å². The third-order valence-corrected chi connectivity index (χ3v) is 5.47. The van der Waals surface area contributed by atoms with Gasteiger partial charge in [0.15, 0.2) is 5.17 Å². The first-order valence-corrected chi connectivity index (χ1v) is 9.97. The molecule has 0 spiro atoms. The van der Waals surface area contributed by atoms with E-state index in [1.54, 1.807) is 31.4 Å². The van der Waals surface area contributed by atoms with Crippen LogP contribution in [0.4, 0.5) is 5.69 Å². The Labute approximate surface area is 182 Å². The molecule has 0 radical (unpaired) electrons. The predicted molar refractivity (Wildman–Crippen MR) is 119 cm³/mol. The van der Waals surface area contributed by atoms with E-state index in [-0.39, 0.29) is 17.2 Å². The SMILES string of the molecule is C=C(NN=C(N)S[C@H]1CC(=O)N(c2ccc(C(=O)O)cc2)C1=O)c1ccc(OC)cc1. The first-order valence-electron chi connectivity index (χ1n) is 9.09. The molecule has 1 atom stereocenters. The van der Waals surface area contributed by atoms with Crippen molar-refractivity contribution in [3.63, 3.8) is 0 Å². The average Bonchev–Trinajstić information content (AvgIpc) is 3.04. The molecule has 1 aliphatic heterocycles. The number of hydrazone groups is 1. The van der Waals surface area contributed by atoms with Crippen LogP contribution in [0, 0.1) is 0 Å². The summed E-state index contributed by atoms with van der Waals surface area (Å²) in [7, 11) is 1.57. The number of imide groups is 1. The van der Waals surface area contributed by atoms with Crippen LogP contribution >= 0.6 is 11.8 Å². The summed E-state index contributed by atoms with van der Waals surface area (Å²) in [5.74, 6) is -1.22. The van der Waals surface area contributed by atoms with Crippen molar-refractivity contribution in [2.24, 2.45) is 10.8 Å². The highest BCUT2D eigenvalue weighted by Crippen LogP contribution is 2.30. The van der Waals surface area contributed by atoms with E-state index >= 15 is 0 Å². The number of anilines is 1. The molecule has 0 bridgehead atoms. The number of nitrogens with zero attached hydrogens (tertiary/aromatic N) is 2. The summed E-state index contributed by atoms with van der Waals surface area (Å²) >= 11 is 0.967. The van der Waals surface area contributed by atoms with Gasteiger partial charge in [0.2, 0.25) is 11.8 Å². The van der Waals surface area contributed by atoms with Crippen molar-refractivity contribution in [2.75, 3.05) is 12.0 Å². The number of hydrogen-bond acceptors (Lipinski definition) is 7. The molecule has 0 unspecified atom stereocenters. The van der Waals surface area contributed by atoms with Crippen LogP contribution < -0.4 is 20.8 Å². The highest BCUT2D eigenvalue weighted by Gasteiger charge is 2.40. The first kappa shape index (κ1) is 21.9. The second-order valence-electron chi connectivity index (χ2n) is 6.50. The number of benzene rings is 2. The summed E-state index contributed by atoms with van der Waals surface area (Å²) < 4.78 is 5.11. The van der Waals surface area contributed by atoms with Gasteiger partial charge >= 0.3 is 5.97 Å². The van der Waals surface area contributed by atoms with Gasteiger partial charge in [0.1, 0.15) is 11.0 Å². The van der Waals surface area contributed by atoms with E-state index in [2.05, 4.69) is 17.1 Å². The topological polar surface area (TPSA) is 134 Å². The maximum atomic E-state index is 12.7. The lowest BCUT2D eigenvalue weighted by Crippen LogP contribution is -2.32. The van der Waals surface area contributed by atoms with Crippen LogP contribution in [0.25, 0.3) is 5.70 Å². The number of nitrogens with two attached hydrogens (primary N) is 1. The summed E-state index contributed by atoms with van der Waals surface area (Å²) in [6.45, 7) is 3.89. The minimum Gasteiger partial charge on any atom is -0.497 e. The minimum atomic E-state index is -1.09. The average molecular weight is 440 g/mol. The molecule has 1 aliphatic rings. The standard InChI is InChI=1S/C21H20N4O5S/c1-12(13-5-9-16(30-2)10-6-13)23-24-21(22)31-17-11-18(26)25(19(17)27)15-7-3-14(4-8-15)20(28)29/h3-10,17,23H,1,11H2,2H3,(H2,22,24)(H,28,29)/t17-/m0/s1. The fraction of sp³-hybridized carbons (Fsp3) is 0.143. The van der Waals surface area contributed by atoms with E-state index in [9.17, 15) is 14.4 Å². The Morgan fingerprint density at radius 1 is 1.19 bits per heavy atom. The number of amides is 2. The lowest BCUT2D eigenvalue weighted by Gasteiger charge is -2.15. The molecule has 2 aromatic carbocycles. The van der Waals surface area contributed by atoms with E-state index < -0.39 is 23.0 Å². The Morgan fingerprint density at radius 3 is 2.39 bits per heavy atom. The maximum Gasteiger partial charge on any atom is 0.335 e. The summed E-state index contributed by atoms with van der Waals surface area (Å²) in [6.07, 6.45) is -0.0418. The number of carbonyl (C=O) groups excluding carboxylic acids is 2. The Kier molecular flexibility index (Phi) is 6.61. The highest BCUT2D eigenvalue weighted by molar-refractivity contribution is 8.14. The third-order valence-electron chi connectivity index (χ3n) is 4.48. The molecule has 0 saturated carbocycles. The number of thioether (sulfide) groups is 1. The highest BCUT2D eigenvalue weighted by atomic mass is 32.2. The normalized spacial score (nSPS) is 16.4. The van der Waals surface area contributed by atoms with Gasteiger partial charge in [-0.15, -0.1) is 0 Å². The van der Waals surface area contributed by atoms with Crippen LogP contribution in [-0.4, -0.2) is 40.4 Å². The van der Waals surface area contributed by atoms with Gasteiger partial charge in [-0.05, 0) is 54.1 Å². The number of rotatable bonds is 7. The third kappa shape index (κ3) is 5.04. The molecule has 31 heavy (non-hydrogen) atoms. The van der Waals surface area contributed by atoms with E-state index in [0.29, 0.717) is 17.1 Å². The zero-order valence-electron chi connectivity index (χ0n) is 16.6. The zero-order chi connectivity index (χ0) is 22.5. The second kappa shape index (κ2) is 9.35. The van der Waals surface area contributed by atoms with E-state index in [0.717, 1.165) is 22.2 Å². The molecule has 1 fully saturated rings. The van der Waals surface area contributed by atoms with Crippen LogP contribution in [0.3, 0.4) is 0 Å². The first-order chi connectivity index (χ1) is 14.8. The number of carbonyl (C=O) groups is 3. The Balaban J connectivity index is 1.62. The molecule has 3 rings (SSSR count). The minimum absolute atomic E-state index is 0.0418. The number of carboxylic acid groups (broad SMARTS) is 1. The Bertz CT molecular complexity index is 1050. The molecule has 1 heterocycles. The van der Waals surface area contributed by atoms with Crippen molar-refractivity contribution in [3.05, 3.63) is 66.2 Å². The molecule has 9 nitrogen and oxygen atoms in total. The molecule has 4 N–H and O–H groups in total. The molecule has 2 aromatic rings. The van der Waals surface area contributed by atoms with Crippen molar-refractivity contribution in [1.82, 2.24) is 5.43 Å². The van der Waals surface area contributed by atoms with Gasteiger partial charge in [-0.1, -0.05) is 18.3 Å². The number of hydrogen-bond donors (Lipinski definition) is 3. The van der Waals surface area contributed by atoms with Crippen molar-refractivity contribution in [3.8, 4) is 5.75 Å².